The minimum Gasteiger partial charge on any atom is -0.481 e. The van der Waals surface area contributed by atoms with Crippen molar-refractivity contribution in [3.63, 3.8) is 0 Å². The highest BCUT2D eigenvalue weighted by atomic mass is 16.4. The molecule has 272 valence electrons. The second kappa shape index (κ2) is 18.4. The first-order chi connectivity index (χ1) is 24.4. The Labute approximate surface area is 301 Å². The van der Waals surface area contributed by atoms with E-state index in [2.05, 4.69) is 12.1 Å². The number of carbonyl (C=O) groups excluding carboxylic acids is 3. The summed E-state index contributed by atoms with van der Waals surface area (Å²) in [5.41, 5.74) is 10.1. The van der Waals surface area contributed by atoms with Crippen molar-refractivity contribution in [2.24, 2.45) is 5.73 Å². The maximum Gasteiger partial charge on any atom is 0.300 e. The third-order valence-corrected chi connectivity index (χ3v) is 9.87. The lowest BCUT2D eigenvalue weighted by molar-refractivity contribution is -0.150. The zero-order valence-electron chi connectivity index (χ0n) is 30.0. The van der Waals surface area contributed by atoms with Crippen molar-refractivity contribution in [3.8, 4) is 11.1 Å². The fourth-order valence-electron chi connectivity index (χ4n) is 6.49. The van der Waals surface area contributed by atoms with E-state index >= 15 is 0 Å². The van der Waals surface area contributed by atoms with Gasteiger partial charge in [0.2, 0.25) is 17.7 Å². The molecule has 1 saturated heterocycles. The smallest absolute Gasteiger partial charge is 0.300 e. The molecule has 3 amide bonds. The number of likely N-dealkylation sites (N-methyl/N-ethyl adjacent to an activating group) is 2. The van der Waals surface area contributed by atoms with Crippen LogP contribution in [0.4, 0.5) is 0 Å². The SMILES string of the molecule is CC(=O)O.CN(C(=O)/C=C/CC1(N)CCC1)[C@H](Cc1ccc(-c2ccccc2)cc1)C(=O)N(C)[C@H](Cc1ccccc1)C(=O)N1CCC(O)CC1. The van der Waals surface area contributed by atoms with Gasteiger partial charge in [-0.15, -0.1) is 0 Å². The van der Waals surface area contributed by atoms with Crippen LogP contribution >= 0.6 is 0 Å². The standard InChI is InChI=1S/C39H48N4O4.C2H4O2/c1-41(36(45)15-9-22-39(40)23-10-24-39)34(28-30-16-18-32(19-17-30)31-13-7-4-8-14-31)37(46)42(2)35(27-29-11-5-3-6-12-29)38(47)43-25-20-33(44)21-26-43;1-2(3)4/h3-9,11-19,33-35,44H,10,20-28,40H2,1-2H3;1H3,(H,3,4)/b15-9+;/t34-,35-;/m1./s1. The normalized spacial score (nSPS) is 16.6. The van der Waals surface area contributed by atoms with Gasteiger partial charge in [0.25, 0.3) is 5.97 Å². The average molecular weight is 697 g/mol. The van der Waals surface area contributed by atoms with Gasteiger partial charge in [-0.2, -0.15) is 0 Å². The molecule has 10 heteroatoms. The average Bonchev–Trinajstić information content (AvgIpc) is 3.12. The van der Waals surface area contributed by atoms with Crippen LogP contribution in [0.3, 0.4) is 0 Å². The van der Waals surface area contributed by atoms with E-state index in [-0.39, 0.29) is 29.7 Å². The number of amides is 3. The number of carbonyl (C=O) groups is 4. The van der Waals surface area contributed by atoms with Crippen LogP contribution in [0, 0.1) is 0 Å². The molecule has 1 aliphatic heterocycles. The molecule has 3 aromatic rings. The van der Waals surface area contributed by atoms with Crippen molar-refractivity contribution in [2.75, 3.05) is 27.2 Å². The molecule has 1 saturated carbocycles. The molecule has 3 aromatic carbocycles. The monoisotopic (exact) mass is 696 g/mol. The van der Waals surface area contributed by atoms with Gasteiger partial charge in [0.1, 0.15) is 12.1 Å². The largest absolute Gasteiger partial charge is 0.481 e. The molecule has 5 rings (SSSR count). The number of aliphatic hydroxyl groups is 1. The van der Waals surface area contributed by atoms with Gasteiger partial charge in [-0.1, -0.05) is 91.0 Å². The predicted octanol–water partition coefficient (Wildman–Crippen LogP) is 4.69. The van der Waals surface area contributed by atoms with Gasteiger partial charge in [-0.05, 0) is 66.9 Å². The zero-order chi connectivity index (χ0) is 37.0. The molecule has 2 atom stereocenters. The lowest BCUT2D eigenvalue weighted by atomic mass is 9.75. The van der Waals surface area contributed by atoms with Crippen LogP contribution in [-0.4, -0.2) is 99.5 Å². The summed E-state index contributed by atoms with van der Waals surface area (Å²) >= 11 is 0. The minimum absolute atomic E-state index is 0.148. The fraction of sp³-hybridized carbons (Fsp3) is 0.415. The number of piperidine rings is 1. The van der Waals surface area contributed by atoms with Crippen molar-refractivity contribution >= 4 is 23.7 Å². The molecule has 10 nitrogen and oxygen atoms in total. The van der Waals surface area contributed by atoms with Crippen LogP contribution in [0.2, 0.25) is 0 Å². The highest BCUT2D eigenvalue weighted by Gasteiger charge is 2.37. The molecule has 4 N–H and O–H groups in total. The lowest BCUT2D eigenvalue weighted by Crippen LogP contribution is -2.57. The van der Waals surface area contributed by atoms with E-state index in [0.29, 0.717) is 38.8 Å². The topological polar surface area (TPSA) is 144 Å². The predicted molar refractivity (Wildman–Crippen MR) is 199 cm³/mol. The van der Waals surface area contributed by atoms with Crippen molar-refractivity contribution < 1.29 is 29.4 Å². The van der Waals surface area contributed by atoms with Crippen molar-refractivity contribution in [2.45, 2.75) is 82.0 Å². The zero-order valence-corrected chi connectivity index (χ0v) is 30.0. The summed E-state index contributed by atoms with van der Waals surface area (Å²) in [4.78, 5) is 55.9. The number of hydrogen-bond acceptors (Lipinski definition) is 6. The third-order valence-electron chi connectivity index (χ3n) is 9.87. The first-order valence-electron chi connectivity index (χ1n) is 17.7. The number of hydrogen-bond donors (Lipinski definition) is 3. The minimum atomic E-state index is -0.843. The third kappa shape index (κ3) is 11.4. The molecule has 2 fully saturated rings. The highest BCUT2D eigenvalue weighted by Crippen LogP contribution is 2.32. The van der Waals surface area contributed by atoms with E-state index in [1.165, 1.54) is 15.9 Å². The number of aliphatic carboxylic acids is 1. The van der Waals surface area contributed by atoms with Gasteiger partial charge >= 0.3 is 0 Å². The van der Waals surface area contributed by atoms with Crippen LogP contribution in [0.25, 0.3) is 11.1 Å². The van der Waals surface area contributed by atoms with E-state index < -0.39 is 24.2 Å². The molecule has 1 aliphatic carbocycles. The number of nitrogens with zero attached hydrogens (tertiary/aromatic N) is 3. The van der Waals surface area contributed by atoms with E-state index in [0.717, 1.165) is 48.4 Å². The number of rotatable bonds is 12. The quantitative estimate of drug-likeness (QED) is 0.233. The number of benzene rings is 3. The summed E-state index contributed by atoms with van der Waals surface area (Å²) in [6, 6.07) is 26.2. The van der Waals surface area contributed by atoms with Crippen LogP contribution < -0.4 is 5.73 Å². The summed E-state index contributed by atoms with van der Waals surface area (Å²) in [6.07, 6.45) is 8.19. The van der Waals surface area contributed by atoms with Crippen molar-refractivity contribution in [3.05, 3.63) is 108 Å². The van der Waals surface area contributed by atoms with Crippen LogP contribution in [-0.2, 0) is 32.0 Å². The molecule has 0 unspecified atom stereocenters. The van der Waals surface area contributed by atoms with Crippen molar-refractivity contribution in [1.29, 1.82) is 0 Å². The van der Waals surface area contributed by atoms with Crippen LogP contribution in [0.1, 0.15) is 56.6 Å². The molecule has 0 bridgehead atoms. The van der Waals surface area contributed by atoms with Gasteiger partial charge in [0.15, 0.2) is 0 Å². The van der Waals surface area contributed by atoms with E-state index in [1.54, 1.807) is 19.0 Å². The lowest BCUT2D eigenvalue weighted by Gasteiger charge is -2.38. The Hall–Kier alpha value is -4.80. The van der Waals surface area contributed by atoms with Gasteiger partial charge in [-0.25, -0.2) is 0 Å². The Balaban J connectivity index is 0.00000138. The maximum atomic E-state index is 14.5. The number of nitrogens with two attached hydrogens (primary N) is 1. The Kier molecular flexibility index (Phi) is 14.1. The summed E-state index contributed by atoms with van der Waals surface area (Å²) in [7, 11) is 3.32. The van der Waals surface area contributed by atoms with Crippen molar-refractivity contribution in [1.82, 2.24) is 14.7 Å². The maximum absolute atomic E-state index is 14.5. The number of carboxylic acid groups (broad SMARTS) is 1. The molecule has 1 heterocycles. The van der Waals surface area contributed by atoms with E-state index in [9.17, 15) is 19.5 Å². The molecular formula is C41H52N4O6. The Bertz CT molecular complexity index is 1610. The molecule has 51 heavy (non-hydrogen) atoms. The van der Waals surface area contributed by atoms with Gasteiger partial charge in [-0.3, -0.25) is 19.2 Å². The Morgan fingerprint density at radius 3 is 1.88 bits per heavy atom. The van der Waals surface area contributed by atoms with Gasteiger partial charge < -0.3 is 30.6 Å². The first kappa shape index (κ1) is 39.0. The fourth-order valence-corrected chi connectivity index (χ4v) is 6.49. The van der Waals surface area contributed by atoms with Gasteiger partial charge in [0.05, 0.1) is 6.10 Å². The number of carboxylic acids is 1. The van der Waals surface area contributed by atoms with E-state index in [4.69, 9.17) is 15.6 Å². The highest BCUT2D eigenvalue weighted by molar-refractivity contribution is 5.95. The van der Waals surface area contributed by atoms with Gasteiger partial charge in [0, 0.05) is 52.5 Å². The Morgan fingerprint density at radius 2 is 1.33 bits per heavy atom. The summed E-state index contributed by atoms with van der Waals surface area (Å²) in [6.45, 7) is 1.96. The molecule has 0 spiro atoms. The Morgan fingerprint density at radius 1 is 0.824 bits per heavy atom. The molecule has 0 radical (unpaired) electrons. The van der Waals surface area contributed by atoms with E-state index in [1.807, 2.05) is 78.9 Å². The molecule has 2 aliphatic rings. The summed E-state index contributed by atoms with van der Waals surface area (Å²) in [5.74, 6) is -1.57. The first-order valence-corrected chi connectivity index (χ1v) is 17.7. The van der Waals surface area contributed by atoms with Crippen LogP contribution in [0.15, 0.2) is 97.1 Å². The molecule has 0 aromatic heterocycles. The number of aliphatic hydroxyl groups excluding tert-OH is 1. The second-order valence-corrected chi connectivity index (χ2v) is 13.8. The van der Waals surface area contributed by atoms with Crippen LogP contribution in [0.5, 0.6) is 0 Å². The molecular weight excluding hydrogens is 644 g/mol. The second-order valence-electron chi connectivity index (χ2n) is 13.8. The summed E-state index contributed by atoms with van der Waals surface area (Å²) in [5, 5.41) is 17.5. The summed E-state index contributed by atoms with van der Waals surface area (Å²) < 4.78 is 0. The number of likely N-dealkylation sites (tertiary alicyclic amines) is 1.